The van der Waals surface area contributed by atoms with Gasteiger partial charge in [0.2, 0.25) is 5.97 Å². The molecule has 0 spiro atoms. The van der Waals surface area contributed by atoms with Gasteiger partial charge in [-0.2, -0.15) is 9.49 Å². The summed E-state index contributed by atoms with van der Waals surface area (Å²) in [5, 5.41) is 15.5. The van der Waals surface area contributed by atoms with Gasteiger partial charge in [0, 0.05) is 23.9 Å². The summed E-state index contributed by atoms with van der Waals surface area (Å²) in [5.74, 6) is -1.75. The second-order valence-electron chi connectivity index (χ2n) is 4.31. The van der Waals surface area contributed by atoms with Gasteiger partial charge in [0.05, 0.1) is 0 Å². The van der Waals surface area contributed by atoms with E-state index in [9.17, 15) is 9.18 Å². The summed E-state index contributed by atoms with van der Waals surface area (Å²) in [6.45, 7) is 7.56. The van der Waals surface area contributed by atoms with Crippen molar-refractivity contribution < 1.29 is 14.3 Å². The summed E-state index contributed by atoms with van der Waals surface area (Å²) in [4.78, 5) is 14.6. The first-order valence-corrected chi connectivity index (χ1v) is 6.83. The Morgan fingerprint density at radius 3 is 2.71 bits per heavy atom. The van der Waals surface area contributed by atoms with Crippen molar-refractivity contribution in [1.29, 1.82) is 0 Å². The summed E-state index contributed by atoms with van der Waals surface area (Å²) in [6.07, 6.45) is 4.05. The lowest BCUT2D eigenvalue weighted by Gasteiger charge is -2.11. The lowest BCUT2D eigenvalue weighted by molar-refractivity contribution is 0.0689. The van der Waals surface area contributed by atoms with Crippen molar-refractivity contribution in [3.05, 3.63) is 41.3 Å². The zero-order valence-corrected chi connectivity index (χ0v) is 12.5. The van der Waals surface area contributed by atoms with Crippen LogP contribution < -0.4 is 0 Å². The van der Waals surface area contributed by atoms with E-state index in [2.05, 4.69) is 21.8 Å². The van der Waals surface area contributed by atoms with E-state index in [1.165, 1.54) is 13.1 Å². The van der Waals surface area contributed by atoms with Gasteiger partial charge in [-0.15, -0.1) is 0 Å². The summed E-state index contributed by atoms with van der Waals surface area (Å²) in [7, 11) is 1.38. The predicted molar refractivity (Wildman–Crippen MR) is 80.5 cm³/mol. The molecule has 1 aliphatic carbocycles. The van der Waals surface area contributed by atoms with Gasteiger partial charge in [-0.1, -0.05) is 32.6 Å². The molecule has 0 saturated heterocycles. The van der Waals surface area contributed by atoms with E-state index in [0.29, 0.717) is 24.0 Å². The molecular weight excluding hydrogens is 273 g/mol. The molecule has 114 valence electrons. The Morgan fingerprint density at radius 2 is 2.19 bits per heavy atom. The number of hydrogen-bond donors (Lipinski definition) is 2. The highest BCUT2D eigenvalue weighted by atomic mass is 19.1. The summed E-state index contributed by atoms with van der Waals surface area (Å²) >= 11 is 0. The Kier molecular flexibility index (Phi) is 6.02. The monoisotopic (exact) mass is 293 g/mol. The number of aromatic amines is 1. The molecule has 1 aliphatic rings. The minimum absolute atomic E-state index is 0.0179. The van der Waals surface area contributed by atoms with Gasteiger partial charge in [0.1, 0.15) is 0 Å². The van der Waals surface area contributed by atoms with Gasteiger partial charge in [-0.05, 0) is 18.8 Å². The van der Waals surface area contributed by atoms with E-state index >= 15 is 0 Å². The molecule has 0 radical (unpaired) electrons. The maximum atomic E-state index is 13.7. The van der Waals surface area contributed by atoms with Crippen LogP contribution in [0.25, 0.3) is 0 Å². The molecule has 1 aromatic rings. The Hall–Kier alpha value is -2.24. The molecule has 2 N–H and O–H groups in total. The number of H-pyrrole nitrogens is 1. The summed E-state index contributed by atoms with van der Waals surface area (Å²) in [6, 6.07) is 0. The highest BCUT2D eigenvalue weighted by molar-refractivity contribution is 5.94. The van der Waals surface area contributed by atoms with E-state index in [0.717, 1.165) is 5.69 Å². The lowest BCUT2D eigenvalue weighted by Crippen LogP contribution is -2.12. The standard InChI is InChI=1S/C13H14FN3O2.C2H6/c1-3-4-8(12(14)15-2)7-5-9-10(6-7)16-17-11(9)13(18)19;1-2/h3-4,7H,1,5-6H2,2H3,(H,16,17)(H,18,19);1-2H3/b8-4-,15-12?;. The van der Waals surface area contributed by atoms with Gasteiger partial charge in [-0.25, -0.2) is 4.79 Å². The fourth-order valence-corrected chi connectivity index (χ4v) is 2.38. The highest BCUT2D eigenvalue weighted by Crippen LogP contribution is 2.33. The molecule has 0 fully saturated rings. The number of aliphatic imine (C=N–C) groups is 1. The van der Waals surface area contributed by atoms with Crippen molar-refractivity contribution in [2.45, 2.75) is 26.7 Å². The number of aromatic carboxylic acids is 1. The first-order valence-electron chi connectivity index (χ1n) is 6.83. The van der Waals surface area contributed by atoms with Gasteiger partial charge < -0.3 is 5.11 Å². The van der Waals surface area contributed by atoms with Crippen molar-refractivity contribution in [1.82, 2.24) is 10.2 Å². The van der Waals surface area contributed by atoms with E-state index in [-0.39, 0.29) is 11.6 Å². The van der Waals surface area contributed by atoms with Crippen LogP contribution in [0.1, 0.15) is 35.6 Å². The quantitative estimate of drug-likeness (QED) is 0.661. The normalized spacial score (nSPS) is 17.8. The Balaban J connectivity index is 0.00000106. The highest BCUT2D eigenvalue weighted by Gasteiger charge is 2.32. The Bertz CT molecular complexity index is 588. The third-order valence-corrected chi connectivity index (χ3v) is 3.23. The van der Waals surface area contributed by atoms with Crippen LogP contribution in [0.2, 0.25) is 0 Å². The minimum atomic E-state index is -1.07. The van der Waals surface area contributed by atoms with E-state index < -0.39 is 11.9 Å². The minimum Gasteiger partial charge on any atom is -0.476 e. The third-order valence-electron chi connectivity index (χ3n) is 3.23. The molecule has 21 heavy (non-hydrogen) atoms. The molecule has 0 bridgehead atoms. The number of allylic oxidation sites excluding steroid dienone is 3. The molecule has 0 saturated carbocycles. The molecule has 0 aliphatic heterocycles. The SMILES string of the molecule is C=C/C=C(\C(F)=NC)C1Cc2[nH]nc(C(=O)O)c2C1.CC. The zero-order chi connectivity index (χ0) is 16.0. The van der Waals surface area contributed by atoms with Crippen LogP contribution in [0.5, 0.6) is 0 Å². The first-order chi connectivity index (χ1) is 10.1. The Labute approximate surface area is 123 Å². The van der Waals surface area contributed by atoms with Crippen molar-refractivity contribution in [2.24, 2.45) is 10.9 Å². The summed E-state index contributed by atoms with van der Waals surface area (Å²) in [5.41, 5.74) is 1.86. The number of carboxylic acids is 1. The van der Waals surface area contributed by atoms with E-state index in [4.69, 9.17) is 5.11 Å². The number of carboxylic acid groups (broad SMARTS) is 1. The van der Waals surface area contributed by atoms with Crippen LogP contribution in [0.15, 0.2) is 29.3 Å². The molecule has 1 unspecified atom stereocenters. The fourth-order valence-electron chi connectivity index (χ4n) is 2.38. The van der Waals surface area contributed by atoms with E-state index in [1.54, 1.807) is 6.08 Å². The van der Waals surface area contributed by atoms with Gasteiger partial charge in [-0.3, -0.25) is 10.1 Å². The number of rotatable bonds is 4. The van der Waals surface area contributed by atoms with Crippen molar-refractivity contribution in [3.8, 4) is 0 Å². The van der Waals surface area contributed by atoms with Gasteiger partial charge in [0.25, 0.3) is 0 Å². The van der Waals surface area contributed by atoms with Crippen molar-refractivity contribution in [2.75, 3.05) is 7.05 Å². The number of nitrogens with one attached hydrogen (secondary N) is 1. The predicted octanol–water partition coefficient (Wildman–Crippen LogP) is 2.96. The molecule has 0 aromatic carbocycles. The zero-order valence-electron chi connectivity index (χ0n) is 12.5. The molecule has 1 heterocycles. The van der Waals surface area contributed by atoms with Crippen molar-refractivity contribution in [3.63, 3.8) is 0 Å². The topological polar surface area (TPSA) is 78.3 Å². The second-order valence-corrected chi connectivity index (χ2v) is 4.31. The van der Waals surface area contributed by atoms with Crippen LogP contribution >= 0.6 is 0 Å². The largest absolute Gasteiger partial charge is 0.476 e. The van der Waals surface area contributed by atoms with E-state index in [1.807, 2.05) is 13.8 Å². The molecule has 1 atom stereocenters. The first kappa shape index (κ1) is 16.8. The average molecular weight is 293 g/mol. The number of aromatic nitrogens is 2. The third kappa shape index (κ3) is 3.45. The molecule has 6 heteroatoms. The molecule has 5 nitrogen and oxygen atoms in total. The van der Waals surface area contributed by atoms with Gasteiger partial charge in [0.15, 0.2) is 5.69 Å². The molecule has 0 amide bonds. The fraction of sp³-hybridized carbons (Fsp3) is 0.400. The number of nitrogens with zero attached hydrogens (tertiary/aromatic N) is 2. The lowest BCUT2D eigenvalue weighted by atomic mass is 9.95. The maximum Gasteiger partial charge on any atom is 0.356 e. The molecular formula is C15H20FN3O2. The smallest absolute Gasteiger partial charge is 0.356 e. The molecule has 1 aromatic heterocycles. The van der Waals surface area contributed by atoms with Crippen LogP contribution in [0.4, 0.5) is 4.39 Å². The Morgan fingerprint density at radius 1 is 1.52 bits per heavy atom. The molecule has 2 rings (SSSR count). The van der Waals surface area contributed by atoms with Crippen LogP contribution in [-0.4, -0.2) is 34.3 Å². The summed E-state index contributed by atoms with van der Waals surface area (Å²) < 4.78 is 13.7. The van der Waals surface area contributed by atoms with Crippen LogP contribution in [-0.2, 0) is 12.8 Å². The maximum absolute atomic E-state index is 13.7. The van der Waals surface area contributed by atoms with Crippen LogP contribution in [0, 0.1) is 5.92 Å². The average Bonchev–Trinajstić information content (AvgIpc) is 3.05. The number of fused-ring (bicyclic) bond motifs is 1. The second kappa shape index (κ2) is 7.52. The van der Waals surface area contributed by atoms with Crippen molar-refractivity contribution >= 4 is 11.9 Å². The number of halogens is 1. The van der Waals surface area contributed by atoms with Gasteiger partial charge >= 0.3 is 5.97 Å². The van der Waals surface area contributed by atoms with Crippen LogP contribution in [0.3, 0.4) is 0 Å². The number of carbonyl (C=O) groups is 1. The number of hydrogen-bond acceptors (Lipinski definition) is 3.